The Labute approximate surface area is 186 Å². The minimum atomic E-state index is -1.22. The third-order valence-electron chi connectivity index (χ3n) is 4.10. The standard InChI is InChI=1S/C13H17.3C3H2O2.Ti/c1-3-7-12-10(5-1)9-11-6-2-4-8-13(11)12;3*1-2-3(4)5;/h9H,1-8H2;3*1H,(H,4,5);/q-1;;;;. The van der Waals surface area contributed by atoms with Gasteiger partial charge in [-0.05, 0) is 0 Å². The third kappa shape index (κ3) is 12.3. The van der Waals surface area contributed by atoms with Gasteiger partial charge in [0.25, 0.3) is 0 Å². The molecule has 0 heterocycles. The molecule has 0 unspecified atom stereocenters. The summed E-state index contributed by atoms with van der Waals surface area (Å²) in [4.78, 5) is 27.4. The Morgan fingerprint density at radius 1 is 0.655 bits per heavy atom. The van der Waals surface area contributed by atoms with E-state index in [1.807, 2.05) is 0 Å². The summed E-state index contributed by atoms with van der Waals surface area (Å²) < 4.78 is 0. The molecule has 0 aliphatic heterocycles. The zero-order valence-corrected chi connectivity index (χ0v) is 17.6. The van der Waals surface area contributed by atoms with Gasteiger partial charge in [-0.1, -0.05) is 51.4 Å². The van der Waals surface area contributed by atoms with E-state index in [-0.39, 0.29) is 21.7 Å². The molecule has 29 heavy (non-hydrogen) atoms. The van der Waals surface area contributed by atoms with Crippen molar-refractivity contribution in [2.45, 2.75) is 51.4 Å². The van der Waals surface area contributed by atoms with Gasteiger partial charge in [-0.25, -0.2) is 14.4 Å². The maximum Gasteiger partial charge on any atom is 0.381 e. The molecule has 2 aliphatic rings. The van der Waals surface area contributed by atoms with Crippen LogP contribution in [0.1, 0.15) is 47.9 Å². The monoisotopic (exact) mass is 431 g/mol. The Morgan fingerprint density at radius 3 is 1.14 bits per heavy atom. The Kier molecular flexibility index (Phi) is 15.8. The van der Waals surface area contributed by atoms with Crippen LogP contribution in [0.3, 0.4) is 0 Å². The van der Waals surface area contributed by atoms with Crippen LogP contribution in [-0.2, 0) is 61.8 Å². The zero-order valence-electron chi connectivity index (χ0n) is 16.0. The van der Waals surface area contributed by atoms with Crippen LogP contribution >= 0.6 is 0 Å². The first-order valence-electron chi connectivity index (χ1n) is 8.64. The molecule has 1 aromatic carbocycles. The van der Waals surface area contributed by atoms with E-state index < -0.39 is 17.9 Å². The van der Waals surface area contributed by atoms with E-state index >= 15 is 0 Å². The van der Waals surface area contributed by atoms with Crippen molar-refractivity contribution in [1.29, 1.82) is 0 Å². The van der Waals surface area contributed by atoms with E-state index in [2.05, 4.69) is 25.3 Å². The van der Waals surface area contributed by atoms with Gasteiger partial charge in [0.2, 0.25) is 0 Å². The smallest absolute Gasteiger partial charge is 0.381 e. The summed E-state index contributed by atoms with van der Waals surface area (Å²) in [5.41, 5.74) is 6.94. The second kappa shape index (κ2) is 16.1. The van der Waals surface area contributed by atoms with Gasteiger partial charge in [-0.15, -0.1) is 19.3 Å². The van der Waals surface area contributed by atoms with Gasteiger partial charge in [0, 0.05) is 39.5 Å². The minimum absolute atomic E-state index is 0. The Bertz CT molecular complexity index is 727. The summed E-state index contributed by atoms with van der Waals surface area (Å²) >= 11 is 0. The molecule has 3 N–H and O–H groups in total. The van der Waals surface area contributed by atoms with Gasteiger partial charge in [-0.2, -0.15) is 28.3 Å². The second-order valence-corrected chi connectivity index (χ2v) is 5.91. The quantitative estimate of drug-likeness (QED) is 0.330. The van der Waals surface area contributed by atoms with E-state index in [0.29, 0.717) is 0 Å². The maximum atomic E-state index is 9.13. The second-order valence-electron chi connectivity index (χ2n) is 5.91. The largest absolute Gasteiger partial charge is 0.472 e. The van der Waals surface area contributed by atoms with Crippen molar-refractivity contribution in [2.24, 2.45) is 0 Å². The first-order valence-corrected chi connectivity index (χ1v) is 8.64. The molecule has 0 amide bonds. The number of fused-ring (bicyclic) bond motifs is 3. The molecule has 152 valence electrons. The van der Waals surface area contributed by atoms with Crippen molar-refractivity contribution in [3.05, 3.63) is 28.3 Å². The van der Waals surface area contributed by atoms with E-state index in [9.17, 15) is 0 Å². The first kappa shape index (κ1) is 28.4. The van der Waals surface area contributed by atoms with Crippen LogP contribution in [0, 0.1) is 37.0 Å². The average molecular weight is 431 g/mol. The summed E-state index contributed by atoms with van der Waals surface area (Å²) in [6.07, 6.45) is 24.2. The molecule has 0 fully saturated rings. The number of hydrogen-bond acceptors (Lipinski definition) is 3. The fourth-order valence-electron chi connectivity index (χ4n) is 3.08. The van der Waals surface area contributed by atoms with E-state index in [0.717, 1.165) is 0 Å². The molecule has 3 rings (SSSR count). The van der Waals surface area contributed by atoms with E-state index in [1.54, 1.807) is 22.3 Å². The number of aryl methyl sites for hydroxylation is 2. The zero-order chi connectivity index (χ0) is 21.5. The molecule has 0 bridgehead atoms. The van der Waals surface area contributed by atoms with Crippen molar-refractivity contribution in [1.82, 2.24) is 0 Å². The van der Waals surface area contributed by atoms with Crippen molar-refractivity contribution in [3.8, 4) is 37.0 Å². The van der Waals surface area contributed by atoms with Crippen molar-refractivity contribution in [3.63, 3.8) is 0 Å². The molecule has 0 aromatic heterocycles. The molecule has 0 radical (unpaired) electrons. The molecule has 0 spiro atoms. The van der Waals surface area contributed by atoms with Gasteiger partial charge in [0.15, 0.2) is 0 Å². The van der Waals surface area contributed by atoms with Crippen molar-refractivity contribution >= 4 is 17.9 Å². The SMILES string of the molecule is C#CC(=O)O.C#CC(=O)O.C#CC(=O)O.[Ti].[cH-]1c2c(c3c1CCCC3)CCCC2. The number of rotatable bonds is 0. The molecule has 0 saturated carbocycles. The van der Waals surface area contributed by atoms with Crippen molar-refractivity contribution in [2.75, 3.05) is 0 Å². The van der Waals surface area contributed by atoms with Gasteiger partial charge < -0.3 is 15.3 Å². The number of carboxylic acids is 3. The number of hydrogen-bond donors (Lipinski definition) is 3. The molecular weight excluding hydrogens is 408 g/mol. The summed E-state index contributed by atoms with van der Waals surface area (Å²) in [5.74, 6) is 0.681. The third-order valence-corrected chi connectivity index (χ3v) is 4.10. The number of terminal acetylenes is 3. The normalized spacial score (nSPS) is 12.2. The van der Waals surface area contributed by atoms with Crippen molar-refractivity contribution < 1.29 is 51.4 Å². The summed E-state index contributed by atoms with van der Waals surface area (Å²) in [6, 6.07) is 2.52. The minimum Gasteiger partial charge on any atom is -0.472 e. The first-order chi connectivity index (χ1) is 13.3. The topological polar surface area (TPSA) is 112 Å². The molecule has 1 aromatic rings. The van der Waals surface area contributed by atoms with Crippen LogP contribution in [0.2, 0.25) is 0 Å². The molecule has 2 aliphatic carbocycles. The van der Waals surface area contributed by atoms with Gasteiger partial charge in [0.05, 0.1) is 0 Å². The van der Waals surface area contributed by atoms with Gasteiger partial charge in [0.1, 0.15) is 0 Å². The summed E-state index contributed by atoms with van der Waals surface area (Å²) in [7, 11) is 0. The Morgan fingerprint density at radius 2 is 0.897 bits per heavy atom. The number of carboxylic acid groups (broad SMARTS) is 3. The molecule has 0 atom stereocenters. The maximum absolute atomic E-state index is 9.13. The molecular formula is C22H23O6Ti-. The summed E-state index contributed by atoms with van der Waals surface area (Å²) in [6.45, 7) is 0. The fourth-order valence-corrected chi connectivity index (χ4v) is 3.08. The Hall–Kier alpha value is -2.85. The number of carbonyl (C=O) groups is 3. The van der Waals surface area contributed by atoms with Gasteiger partial charge >= 0.3 is 17.9 Å². The molecule has 0 saturated heterocycles. The van der Waals surface area contributed by atoms with Crippen LogP contribution in [0.4, 0.5) is 0 Å². The van der Waals surface area contributed by atoms with Crippen LogP contribution in [0.15, 0.2) is 6.07 Å². The van der Waals surface area contributed by atoms with Crippen LogP contribution in [0.5, 0.6) is 0 Å². The van der Waals surface area contributed by atoms with E-state index in [1.165, 1.54) is 69.1 Å². The predicted octanol–water partition coefficient (Wildman–Crippen LogP) is 2.27. The predicted molar refractivity (Wildman–Crippen MR) is 105 cm³/mol. The van der Waals surface area contributed by atoms with Crippen LogP contribution in [-0.4, -0.2) is 33.2 Å². The molecule has 6 nitrogen and oxygen atoms in total. The van der Waals surface area contributed by atoms with Crippen LogP contribution in [0.25, 0.3) is 0 Å². The summed E-state index contributed by atoms with van der Waals surface area (Å²) in [5, 5.41) is 22.5. The molecule has 7 heteroatoms. The fraction of sp³-hybridized carbons (Fsp3) is 0.364. The van der Waals surface area contributed by atoms with Crippen LogP contribution < -0.4 is 0 Å². The Balaban J connectivity index is 0. The van der Waals surface area contributed by atoms with E-state index in [4.69, 9.17) is 29.7 Å². The average Bonchev–Trinajstić information content (AvgIpc) is 3.08. The van der Waals surface area contributed by atoms with Gasteiger partial charge in [-0.3, -0.25) is 0 Å². The number of aliphatic carboxylic acids is 3.